The summed E-state index contributed by atoms with van der Waals surface area (Å²) in [6, 6.07) is 19.3. The van der Waals surface area contributed by atoms with E-state index >= 15 is 0 Å². The van der Waals surface area contributed by atoms with Gasteiger partial charge in [-0.2, -0.15) is 4.57 Å². The van der Waals surface area contributed by atoms with E-state index < -0.39 is 0 Å². The number of hydrogen-bond acceptors (Lipinski definition) is 0. The fourth-order valence-corrected chi connectivity index (χ4v) is 2.10. The molecular formula is C16H13FN+. The van der Waals surface area contributed by atoms with E-state index in [1.54, 1.807) is 10.6 Å². The van der Waals surface area contributed by atoms with Gasteiger partial charge in [-0.1, -0.05) is 48.5 Å². The van der Waals surface area contributed by atoms with Crippen LogP contribution in [-0.2, 0) is 6.54 Å². The summed E-state index contributed by atoms with van der Waals surface area (Å²) >= 11 is 0. The number of nitrogens with zero attached hydrogens (tertiary/aromatic N) is 1. The molecule has 2 heteroatoms. The molecule has 0 unspecified atom stereocenters. The summed E-state index contributed by atoms with van der Waals surface area (Å²) in [7, 11) is 0. The van der Waals surface area contributed by atoms with E-state index in [1.165, 1.54) is 0 Å². The first kappa shape index (κ1) is 10.9. The van der Waals surface area contributed by atoms with Crippen LogP contribution in [0.25, 0.3) is 10.8 Å². The lowest BCUT2D eigenvalue weighted by Gasteiger charge is -2.01. The van der Waals surface area contributed by atoms with E-state index in [0.717, 1.165) is 16.3 Å². The molecule has 3 aromatic rings. The van der Waals surface area contributed by atoms with E-state index in [9.17, 15) is 4.39 Å². The maximum atomic E-state index is 14.0. The van der Waals surface area contributed by atoms with Crippen LogP contribution < -0.4 is 4.57 Å². The average molecular weight is 238 g/mol. The first-order chi connectivity index (χ1) is 8.83. The number of halogens is 1. The van der Waals surface area contributed by atoms with Gasteiger partial charge in [0.25, 0.3) is 0 Å². The Morgan fingerprint density at radius 3 is 2.28 bits per heavy atom. The van der Waals surface area contributed by atoms with Crippen LogP contribution >= 0.6 is 0 Å². The summed E-state index contributed by atoms with van der Waals surface area (Å²) in [5, 5.41) is 1.98. The molecule has 0 amide bonds. The van der Waals surface area contributed by atoms with Gasteiger partial charge in [-0.05, 0) is 11.5 Å². The van der Waals surface area contributed by atoms with Gasteiger partial charge in [0.05, 0.1) is 0 Å². The van der Waals surface area contributed by atoms with Crippen LogP contribution in [0, 0.1) is 5.95 Å². The molecule has 0 radical (unpaired) electrons. The minimum Gasteiger partial charge on any atom is -0.169 e. The van der Waals surface area contributed by atoms with Gasteiger partial charge >= 0.3 is 5.95 Å². The molecule has 0 saturated heterocycles. The van der Waals surface area contributed by atoms with Crippen molar-refractivity contribution in [3.63, 3.8) is 0 Å². The lowest BCUT2D eigenvalue weighted by atomic mass is 10.1. The molecule has 18 heavy (non-hydrogen) atoms. The molecule has 0 aliphatic carbocycles. The van der Waals surface area contributed by atoms with Gasteiger partial charge in [-0.25, -0.2) is 0 Å². The van der Waals surface area contributed by atoms with Gasteiger partial charge in [0.15, 0.2) is 12.7 Å². The summed E-state index contributed by atoms with van der Waals surface area (Å²) in [6.07, 6.45) is 1.86. The maximum Gasteiger partial charge on any atom is 0.360 e. The smallest absolute Gasteiger partial charge is 0.169 e. The molecule has 0 bridgehead atoms. The molecule has 2 aromatic carbocycles. The minimum absolute atomic E-state index is 0.211. The average Bonchev–Trinajstić information content (AvgIpc) is 2.41. The second-order valence-corrected chi connectivity index (χ2v) is 4.34. The predicted molar refractivity (Wildman–Crippen MR) is 69.6 cm³/mol. The monoisotopic (exact) mass is 238 g/mol. The Bertz CT molecular complexity index is 677. The molecule has 0 aliphatic rings. The third kappa shape index (κ3) is 2.09. The Labute approximate surface area is 105 Å². The summed E-state index contributed by atoms with van der Waals surface area (Å²) in [5.41, 5.74) is 1.09. The van der Waals surface area contributed by atoms with Crippen molar-refractivity contribution >= 4 is 10.8 Å². The highest BCUT2D eigenvalue weighted by Gasteiger charge is 2.12. The molecule has 88 valence electrons. The van der Waals surface area contributed by atoms with Gasteiger partial charge in [-0.3, -0.25) is 0 Å². The fourth-order valence-electron chi connectivity index (χ4n) is 2.10. The largest absolute Gasteiger partial charge is 0.360 e. The van der Waals surface area contributed by atoms with Crippen molar-refractivity contribution in [2.24, 2.45) is 0 Å². The van der Waals surface area contributed by atoms with Crippen molar-refractivity contribution < 1.29 is 8.96 Å². The van der Waals surface area contributed by atoms with Gasteiger partial charge < -0.3 is 0 Å². The third-order valence-electron chi connectivity index (χ3n) is 3.04. The summed E-state index contributed by atoms with van der Waals surface area (Å²) in [6.45, 7) is 0.553. The van der Waals surface area contributed by atoms with Gasteiger partial charge in [0.2, 0.25) is 0 Å². The molecule has 0 saturated carbocycles. The highest BCUT2D eigenvalue weighted by molar-refractivity contribution is 5.80. The van der Waals surface area contributed by atoms with E-state index in [1.807, 2.05) is 60.8 Å². The number of fused-ring (bicyclic) bond motifs is 1. The topological polar surface area (TPSA) is 3.88 Å². The van der Waals surface area contributed by atoms with Crippen molar-refractivity contribution in [1.29, 1.82) is 0 Å². The highest BCUT2D eigenvalue weighted by atomic mass is 19.1. The normalized spacial score (nSPS) is 10.7. The maximum absolute atomic E-state index is 14.0. The van der Waals surface area contributed by atoms with Crippen LogP contribution in [0.1, 0.15) is 5.56 Å². The Hall–Kier alpha value is -2.22. The Morgan fingerprint density at radius 2 is 1.50 bits per heavy atom. The van der Waals surface area contributed by atoms with Crippen LogP contribution in [0.15, 0.2) is 66.9 Å². The second kappa shape index (κ2) is 4.57. The first-order valence-corrected chi connectivity index (χ1v) is 5.94. The summed E-state index contributed by atoms with van der Waals surface area (Å²) < 4.78 is 15.6. The molecule has 0 atom stereocenters. The van der Waals surface area contributed by atoms with E-state index in [4.69, 9.17) is 0 Å². The molecule has 0 fully saturated rings. The predicted octanol–water partition coefficient (Wildman–Crippen LogP) is 3.31. The Kier molecular flexibility index (Phi) is 2.77. The standard InChI is InChI=1S/C16H13FN/c17-16-10-14-8-4-5-9-15(14)12-18(16)11-13-6-2-1-3-7-13/h1-10,12H,11H2/q+1. The zero-order valence-corrected chi connectivity index (χ0v) is 9.88. The number of rotatable bonds is 2. The van der Waals surface area contributed by atoms with Crippen molar-refractivity contribution in [3.05, 3.63) is 78.4 Å². The molecule has 1 heterocycles. The number of aromatic nitrogens is 1. The fraction of sp³-hybridized carbons (Fsp3) is 0.0625. The molecule has 3 rings (SSSR count). The van der Waals surface area contributed by atoms with Crippen LogP contribution in [0.3, 0.4) is 0 Å². The third-order valence-corrected chi connectivity index (χ3v) is 3.04. The second-order valence-electron chi connectivity index (χ2n) is 4.34. The van der Waals surface area contributed by atoms with Gasteiger partial charge in [-0.15, -0.1) is 4.39 Å². The molecule has 0 N–H and O–H groups in total. The van der Waals surface area contributed by atoms with Gasteiger partial charge in [0, 0.05) is 17.0 Å². The highest BCUT2D eigenvalue weighted by Crippen LogP contribution is 2.12. The number of hydrogen-bond donors (Lipinski definition) is 0. The molecule has 0 aliphatic heterocycles. The van der Waals surface area contributed by atoms with Crippen molar-refractivity contribution in [2.75, 3.05) is 0 Å². The quantitative estimate of drug-likeness (QED) is 0.476. The zero-order valence-electron chi connectivity index (χ0n) is 9.88. The lowest BCUT2D eigenvalue weighted by molar-refractivity contribution is -0.714. The first-order valence-electron chi connectivity index (χ1n) is 5.94. The van der Waals surface area contributed by atoms with Crippen LogP contribution in [-0.4, -0.2) is 0 Å². The molecule has 1 nitrogen and oxygen atoms in total. The lowest BCUT2D eigenvalue weighted by Crippen LogP contribution is -2.38. The van der Waals surface area contributed by atoms with E-state index in [2.05, 4.69) is 0 Å². The number of pyridine rings is 1. The Balaban J connectivity index is 2.04. The summed E-state index contributed by atoms with van der Waals surface area (Å²) in [4.78, 5) is 0. The van der Waals surface area contributed by atoms with Crippen molar-refractivity contribution in [1.82, 2.24) is 0 Å². The molecule has 0 spiro atoms. The Morgan fingerprint density at radius 1 is 0.833 bits per heavy atom. The molecule has 1 aromatic heterocycles. The molecular weight excluding hydrogens is 225 g/mol. The SMILES string of the molecule is Fc1cc2ccccc2c[n+]1Cc1ccccc1. The van der Waals surface area contributed by atoms with Crippen LogP contribution in [0.4, 0.5) is 4.39 Å². The van der Waals surface area contributed by atoms with Crippen molar-refractivity contribution in [3.8, 4) is 0 Å². The van der Waals surface area contributed by atoms with E-state index in [0.29, 0.717) is 6.54 Å². The van der Waals surface area contributed by atoms with E-state index in [-0.39, 0.29) is 5.95 Å². The van der Waals surface area contributed by atoms with Crippen LogP contribution in [0.5, 0.6) is 0 Å². The van der Waals surface area contributed by atoms with Gasteiger partial charge in [0.1, 0.15) is 0 Å². The summed E-state index contributed by atoms with van der Waals surface area (Å²) in [5.74, 6) is -0.211. The van der Waals surface area contributed by atoms with Crippen LogP contribution in [0.2, 0.25) is 0 Å². The van der Waals surface area contributed by atoms with Crippen molar-refractivity contribution in [2.45, 2.75) is 6.54 Å². The zero-order chi connectivity index (χ0) is 12.4. The minimum atomic E-state index is -0.211. The number of benzene rings is 2.